The molecule has 4 aromatic rings. The van der Waals surface area contributed by atoms with Crippen molar-refractivity contribution in [1.82, 2.24) is 9.97 Å². The van der Waals surface area contributed by atoms with Crippen molar-refractivity contribution >= 4 is 33.6 Å². The highest BCUT2D eigenvalue weighted by atomic mass is 32.2. The average molecular weight is 318 g/mol. The molecule has 0 bridgehead atoms. The molecule has 2 aromatic heterocycles. The lowest BCUT2D eigenvalue weighted by molar-refractivity contribution is 0.480. The molecule has 0 aliphatic heterocycles. The third-order valence-corrected chi connectivity index (χ3v) is 4.77. The van der Waals surface area contributed by atoms with Crippen LogP contribution >= 0.6 is 11.8 Å². The summed E-state index contributed by atoms with van der Waals surface area (Å²) in [5, 5.41) is 13.0. The number of hydrogen-bond acceptors (Lipinski definition) is 4. The Balaban J connectivity index is 1.64. The van der Waals surface area contributed by atoms with Crippen LogP contribution in [0.4, 0.5) is 0 Å². The smallest absolute Gasteiger partial charge is 0.141 e. The number of phenols is 1. The third kappa shape index (κ3) is 2.73. The van der Waals surface area contributed by atoms with Crippen LogP contribution in [0, 0.1) is 0 Å². The molecule has 4 rings (SSSR count). The molecule has 0 fully saturated rings. The SMILES string of the molecule is Oc1ccc(CSc2ccc3ccccc3n2)c2cccnc12. The number of nitrogens with zero attached hydrogens (tertiary/aromatic N) is 2. The molecule has 0 amide bonds. The number of hydrogen-bond donors (Lipinski definition) is 1. The van der Waals surface area contributed by atoms with Gasteiger partial charge in [-0.05, 0) is 29.8 Å². The first kappa shape index (κ1) is 14.0. The van der Waals surface area contributed by atoms with E-state index in [1.54, 1.807) is 24.0 Å². The molecule has 0 aliphatic carbocycles. The number of para-hydroxylation sites is 1. The van der Waals surface area contributed by atoms with Crippen molar-refractivity contribution < 1.29 is 5.11 Å². The van der Waals surface area contributed by atoms with Gasteiger partial charge in [-0.15, -0.1) is 11.8 Å². The molecular weight excluding hydrogens is 304 g/mol. The molecule has 23 heavy (non-hydrogen) atoms. The van der Waals surface area contributed by atoms with Crippen LogP contribution in [0.1, 0.15) is 5.56 Å². The Morgan fingerprint density at radius 1 is 0.913 bits per heavy atom. The topological polar surface area (TPSA) is 46.0 Å². The minimum atomic E-state index is 0.221. The van der Waals surface area contributed by atoms with Crippen molar-refractivity contribution in [1.29, 1.82) is 0 Å². The number of fused-ring (bicyclic) bond motifs is 2. The molecule has 0 radical (unpaired) electrons. The molecule has 1 N–H and O–H groups in total. The van der Waals surface area contributed by atoms with Gasteiger partial charge in [-0.2, -0.15) is 0 Å². The van der Waals surface area contributed by atoms with E-state index in [0.717, 1.165) is 32.6 Å². The van der Waals surface area contributed by atoms with Crippen molar-refractivity contribution in [2.45, 2.75) is 10.8 Å². The fourth-order valence-electron chi connectivity index (χ4n) is 2.62. The second-order valence-electron chi connectivity index (χ2n) is 5.27. The number of thioether (sulfide) groups is 1. The Kier molecular flexibility index (Phi) is 3.60. The Morgan fingerprint density at radius 3 is 2.78 bits per heavy atom. The van der Waals surface area contributed by atoms with Crippen molar-refractivity contribution in [3.05, 3.63) is 72.4 Å². The standard InChI is InChI=1S/C19H14N2OS/c22-17-9-7-14(15-5-3-11-20-19(15)17)12-23-18-10-8-13-4-1-2-6-16(13)21-18/h1-11,22H,12H2. The first-order chi connectivity index (χ1) is 11.3. The van der Waals surface area contributed by atoms with Crippen LogP contribution in [0.3, 0.4) is 0 Å². The quantitative estimate of drug-likeness (QED) is 0.552. The summed E-state index contributed by atoms with van der Waals surface area (Å²) in [7, 11) is 0. The lowest BCUT2D eigenvalue weighted by Gasteiger charge is -2.07. The van der Waals surface area contributed by atoms with E-state index in [-0.39, 0.29) is 5.75 Å². The van der Waals surface area contributed by atoms with Gasteiger partial charge in [0.25, 0.3) is 0 Å². The fourth-order valence-corrected chi connectivity index (χ4v) is 3.50. The predicted molar refractivity (Wildman–Crippen MR) is 94.7 cm³/mol. The van der Waals surface area contributed by atoms with Crippen LogP contribution in [-0.2, 0) is 5.75 Å². The lowest BCUT2D eigenvalue weighted by Crippen LogP contribution is -1.88. The number of benzene rings is 2. The Bertz CT molecular complexity index is 1000. The highest BCUT2D eigenvalue weighted by Gasteiger charge is 2.07. The highest BCUT2D eigenvalue weighted by molar-refractivity contribution is 7.98. The van der Waals surface area contributed by atoms with Gasteiger partial charge < -0.3 is 5.11 Å². The van der Waals surface area contributed by atoms with E-state index in [1.807, 2.05) is 42.5 Å². The van der Waals surface area contributed by atoms with Gasteiger partial charge in [0.1, 0.15) is 11.3 Å². The van der Waals surface area contributed by atoms with Crippen LogP contribution in [0.5, 0.6) is 5.75 Å². The van der Waals surface area contributed by atoms with Crippen molar-refractivity contribution in [3.8, 4) is 5.75 Å². The first-order valence-corrected chi connectivity index (χ1v) is 8.34. The molecule has 2 aromatic carbocycles. The zero-order chi connectivity index (χ0) is 15.6. The molecule has 0 aliphatic rings. The Labute approximate surface area is 138 Å². The molecule has 0 saturated heterocycles. The third-order valence-electron chi connectivity index (χ3n) is 3.79. The van der Waals surface area contributed by atoms with E-state index in [1.165, 1.54) is 0 Å². The van der Waals surface area contributed by atoms with E-state index < -0.39 is 0 Å². The van der Waals surface area contributed by atoms with Crippen LogP contribution in [0.2, 0.25) is 0 Å². The summed E-state index contributed by atoms with van der Waals surface area (Å²) in [5.74, 6) is 1.01. The summed E-state index contributed by atoms with van der Waals surface area (Å²) in [4.78, 5) is 8.95. The van der Waals surface area contributed by atoms with Crippen LogP contribution in [-0.4, -0.2) is 15.1 Å². The maximum atomic E-state index is 9.92. The van der Waals surface area contributed by atoms with Gasteiger partial charge in [0.05, 0.1) is 10.5 Å². The molecule has 112 valence electrons. The molecule has 0 saturated carbocycles. The van der Waals surface area contributed by atoms with Gasteiger partial charge in [-0.1, -0.05) is 36.4 Å². The summed E-state index contributed by atoms with van der Waals surface area (Å²) in [6.45, 7) is 0. The van der Waals surface area contributed by atoms with E-state index in [2.05, 4.69) is 22.1 Å². The van der Waals surface area contributed by atoms with E-state index in [9.17, 15) is 5.11 Å². The van der Waals surface area contributed by atoms with Gasteiger partial charge in [0.15, 0.2) is 0 Å². The van der Waals surface area contributed by atoms with Gasteiger partial charge in [0.2, 0.25) is 0 Å². The van der Waals surface area contributed by atoms with Crippen LogP contribution < -0.4 is 0 Å². The molecule has 4 heteroatoms. The van der Waals surface area contributed by atoms with Crippen molar-refractivity contribution in [3.63, 3.8) is 0 Å². The summed E-state index contributed by atoms with van der Waals surface area (Å²) >= 11 is 1.69. The second kappa shape index (κ2) is 5.89. The van der Waals surface area contributed by atoms with E-state index >= 15 is 0 Å². The Morgan fingerprint density at radius 2 is 1.83 bits per heavy atom. The van der Waals surface area contributed by atoms with Gasteiger partial charge in [-0.25, -0.2) is 4.98 Å². The number of rotatable bonds is 3. The summed E-state index contributed by atoms with van der Waals surface area (Å²) in [5.41, 5.74) is 2.80. The van der Waals surface area contributed by atoms with E-state index in [0.29, 0.717) is 5.52 Å². The zero-order valence-corrected chi connectivity index (χ0v) is 13.1. The summed E-state index contributed by atoms with van der Waals surface area (Å²) in [6.07, 6.45) is 1.70. The number of phenolic OH excluding ortho intramolecular Hbond substituents is 1. The van der Waals surface area contributed by atoms with Gasteiger partial charge >= 0.3 is 0 Å². The maximum absolute atomic E-state index is 9.92. The molecule has 0 unspecified atom stereocenters. The molecule has 3 nitrogen and oxygen atoms in total. The number of aromatic hydroxyl groups is 1. The molecule has 0 atom stereocenters. The Hall–Kier alpha value is -2.59. The highest BCUT2D eigenvalue weighted by Crippen LogP contribution is 2.30. The summed E-state index contributed by atoms with van der Waals surface area (Å²) < 4.78 is 0. The normalized spacial score (nSPS) is 11.1. The minimum Gasteiger partial charge on any atom is -0.506 e. The average Bonchev–Trinajstić information content (AvgIpc) is 2.61. The van der Waals surface area contributed by atoms with Crippen molar-refractivity contribution in [2.75, 3.05) is 0 Å². The van der Waals surface area contributed by atoms with Crippen molar-refractivity contribution in [2.24, 2.45) is 0 Å². The molecular formula is C19H14N2OS. The first-order valence-electron chi connectivity index (χ1n) is 7.35. The zero-order valence-electron chi connectivity index (χ0n) is 12.3. The lowest BCUT2D eigenvalue weighted by atomic mass is 10.1. The molecule has 0 spiro atoms. The second-order valence-corrected chi connectivity index (χ2v) is 6.27. The number of aromatic nitrogens is 2. The fraction of sp³-hybridized carbons (Fsp3) is 0.0526. The van der Waals surface area contributed by atoms with E-state index in [4.69, 9.17) is 0 Å². The largest absolute Gasteiger partial charge is 0.506 e. The van der Waals surface area contributed by atoms with Crippen LogP contribution in [0.25, 0.3) is 21.8 Å². The summed E-state index contributed by atoms with van der Waals surface area (Å²) in [6, 6.07) is 19.8. The van der Waals surface area contributed by atoms with Gasteiger partial charge in [0, 0.05) is 22.7 Å². The van der Waals surface area contributed by atoms with Gasteiger partial charge in [-0.3, -0.25) is 4.98 Å². The molecule has 2 heterocycles. The monoisotopic (exact) mass is 318 g/mol. The van der Waals surface area contributed by atoms with Crippen LogP contribution in [0.15, 0.2) is 71.9 Å². The minimum absolute atomic E-state index is 0.221. The maximum Gasteiger partial charge on any atom is 0.141 e. The predicted octanol–water partition coefficient (Wildman–Crippen LogP) is 4.78. The number of pyridine rings is 2.